The lowest BCUT2D eigenvalue weighted by Crippen LogP contribution is -2.50. The molecule has 1 fully saturated rings. The molecule has 0 bridgehead atoms. The Morgan fingerprint density at radius 3 is 2.45 bits per heavy atom. The number of aryl methyl sites for hydroxylation is 1. The number of carbonyl (C=O) groups excluding carboxylic acids is 1. The third kappa shape index (κ3) is 4.00. The van der Waals surface area contributed by atoms with Crippen LogP contribution in [0.2, 0.25) is 0 Å². The molecule has 1 aliphatic rings. The fourth-order valence-electron chi connectivity index (χ4n) is 2.40. The average Bonchev–Trinajstić information content (AvgIpc) is 2.30. The summed E-state index contributed by atoms with van der Waals surface area (Å²) in [5, 5.41) is 2.28. The van der Waals surface area contributed by atoms with E-state index in [-0.39, 0.29) is 6.04 Å². The molecule has 1 N–H and O–H groups in total. The minimum atomic E-state index is -3.32. The highest BCUT2D eigenvalue weighted by Gasteiger charge is 2.40. The van der Waals surface area contributed by atoms with Crippen molar-refractivity contribution in [1.82, 2.24) is 5.32 Å². The van der Waals surface area contributed by atoms with Gasteiger partial charge in [0.15, 0.2) is 9.84 Å². The number of hydrogen-bond acceptors (Lipinski definition) is 4. The van der Waals surface area contributed by atoms with E-state index in [4.69, 9.17) is 4.74 Å². The van der Waals surface area contributed by atoms with E-state index in [1.54, 1.807) is 39.0 Å². The van der Waals surface area contributed by atoms with Crippen LogP contribution in [0.1, 0.15) is 39.2 Å². The van der Waals surface area contributed by atoms with Gasteiger partial charge in [-0.2, -0.15) is 0 Å². The topological polar surface area (TPSA) is 72.5 Å². The summed E-state index contributed by atoms with van der Waals surface area (Å²) in [6.45, 7) is 7.24. The Bertz CT molecular complexity index is 655. The molecule has 22 heavy (non-hydrogen) atoms. The maximum absolute atomic E-state index is 12.5. The van der Waals surface area contributed by atoms with Crippen LogP contribution in [0.3, 0.4) is 0 Å². The van der Waals surface area contributed by atoms with Crippen molar-refractivity contribution in [1.29, 1.82) is 0 Å². The lowest BCUT2D eigenvalue weighted by Gasteiger charge is -2.35. The third-order valence-electron chi connectivity index (χ3n) is 3.57. The first-order valence-electron chi connectivity index (χ1n) is 7.38. The SMILES string of the molecule is Cc1cccc(S(=O)(=O)[C@H]2C[C@H](NC(=O)OC(C)(C)C)C2)c1. The standard InChI is InChI=1S/C16H23NO4S/c1-11-6-5-7-13(8-11)22(19,20)14-9-12(10-14)17-15(18)21-16(2,3)4/h5-8,12,14H,9-10H2,1-4H3,(H,17,18)/t12-,14-. The molecule has 5 nitrogen and oxygen atoms in total. The van der Waals surface area contributed by atoms with Crippen LogP contribution in [-0.2, 0) is 14.6 Å². The molecular formula is C16H23NO4S. The van der Waals surface area contributed by atoms with Gasteiger partial charge in [-0.15, -0.1) is 0 Å². The fraction of sp³-hybridized carbons (Fsp3) is 0.562. The minimum Gasteiger partial charge on any atom is -0.444 e. The molecule has 0 spiro atoms. The maximum Gasteiger partial charge on any atom is 0.407 e. The Morgan fingerprint density at radius 1 is 1.27 bits per heavy atom. The Morgan fingerprint density at radius 2 is 1.91 bits per heavy atom. The second-order valence-electron chi connectivity index (χ2n) is 6.80. The first kappa shape index (κ1) is 16.8. The molecule has 0 heterocycles. The van der Waals surface area contributed by atoms with Gasteiger partial charge in [0.1, 0.15) is 5.60 Å². The third-order valence-corrected chi connectivity index (χ3v) is 5.75. The van der Waals surface area contributed by atoms with Gasteiger partial charge < -0.3 is 10.1 Å². The van der Waals surface area contributed by atoms with Crippen LogP contribution in [0.25, 0.3) is 0 Å². The van der Waals surface area contributed by atoms with E-state index in [1.807, 2.05) is 13.0 Å². The Hall–Kier alpha value is -1.56. The second kappa shape index (κ2) is 5.91. The number of rotatable bonds is 3. The smallest absolute Gasteiger partial charge is 0.407 e. The molecule has 1 aromatic rings. The van der Waals surface area contributed by atoms with Gasteiger partial charge >= 0.3 is 6.09 Å². The number of hydrogen-bond donors (Lipinski definition) is 1. The summed E-state index contributed by atoms with van der Waals surface area (Å²) in [5.41, 5.74) is 0.366. The van der Waals surface area contributed by atoms with Gasteiger partial charge in [0.25, 0.3) is 0 Å². The van der Waals surface area contributed by atoms with Crippen molar-refractivity contribution < 1.29 is 17.9 Å². The number of carbonyl (C=O) groups is 1. The molecule has 0 atom stereocenters. The summed E-state index contributed by atoms with van der Waals surface area (Å²) in [7, 11) is -3.32. The van der Waals surface area contributed by atoms with Gasteiger partial charge in [0.2, 0.25) is 0 Å². The number of sulfone groups is 1. The minimum absolute atomic E-state index is 0.139. The average molecular weight is 325 g/mol. The van der Waals surface area contributed by atoms with Crippen LogP contribution in [0.15, 0.2) is 29.2 Å². The van der Waals surface area contributed by atoms with E-state index in [0.29, 0.717) is 17.7 Å². The van der Waals surface area contributed by atoms with E-state index in [9.17, 15) is 13.2 Å². The zero-order valence-electron chi connectivity index (χ0n) is 13.4. The zero-order valence-corrected chi connectivity index (χ0v) is 14.2. The summed E-state index contributed by atoms with van der Waals surface area (Å²) in [6.07, 6.45) is 0.356. The van der Waals surface area contributed by atoms with Crippen molar-refractivity contribution >= 4 is 15.9 Å². The molecule has 6 heteroatoms. The monoisotopic (exact) mass is 325 g/mol. The largest absolute Gasteiger partial charge is 0.444 e. The molecule has 2 rings (SSSR count). The van der Waals surface area contributed by atoms with Crippen molar-refractivity contribution in [2.45, 2.75) is 62.3 Å². The van der Waals surface area contributed by atoms with Gasteiger partial charge in [-0.05, 0) is 58.2 Å². The number of nitrogens with one attached hydrogen (secondary N) is 1. The molecule has 0 saturated heterocycles. The van der Waals surface area contributed by atoms with E-state index < -0.39 is 26.8 Å². The lowest BCUT2D eigenvalue weighted by molar-refractivity contribution is 0.0481. The number of amides is 1. The Kier molecular flexibility index (Phi) is 4.52. The van der Waals surface area contributed by atoms with Crippen LogP contribution in [0.5, 0.6) is 0 Å². The van der Waals surface area contributed by atoms with Gasteiger partial charge in [-0.25, -0.2) is 13.2 Å². The van der Waals surface area contributed by atoms with E-state index in [0.717, 1.165) is 5.56 Å². The van der Waals surface area contributed by atoms with Crippen molar-refractivity contribution in [3.8, 4) is 0 Å². The molecule has 0 unspecified atom stereocenters. The summed E-state index contributed by atoms with van der Waals surface area (Å²) < 4.78 is 30.1. The van der Waals surface area contributed by atoms with E-state index in [2.05, 4.69) is 5.32 Å². The van der Waals surface area contributed by atoms with Crippen LogP contribution >= 0.6 is 0 Å². The lowest BCUT2D eigenvalue weighted by atomic mass is 9.92. The molecule has 1 aliphatic carbocycles. The molecule has 1 saturated carbocycles. The van der Waals surface area contributed by atoms with Crippen molar-refractivity contribution in [2.24, 2.45) is 0 Å². The Balaban J connectivity index is 1.92. The summed E-state index contributed by atoms with van der Waals surface area (Å²) in [4.78, 5) is 12.0. The van der Waals surface area contributed by atoms with E-state index in [1.165, 1.54) is 0 Å². The quantitative estimate of drug-likeness (QED) is 0.927. The zero-order chi connectivity index (χ0) is 16.5. The summed E-state index contributed by atoms with van der Waals surface area (Å²) >= 11 is 0. The highest BCUT2D eigenvalue weighted by Crippen LogP contribution is 2.32. The molecule has 0 aliphatic heterocycles. The van der Waals surface area contributed by atoms with Crippen LogP contribution in [-0.4, -0.2) is 31.4 Å². The summed E-state index contributed by atoms with van der Waals surface area (Å²) in [6, 6.07) is 6.78. The first-order valence-corrected chi connectivity index (χ1v) is 8.92. The second-order valence-corrected chi connectivity index (χ2v) is 9.03. The van der Waals surface area contributed by atoms with E-state index >= 15 is 0 Å². The van der Waals surface area contributed by atoms with Crippen LogP contribution in [0, 0.1) is 6.92 Å². The number of alkyl carbamates (subject to hydrolysis) is 1. The molecular weight excluding hydrogens is 302 g/mol. The van der Waals surface area contributed by atoms with Gasteiger partial charge in [-0.1, -0.05) is 12.1 Å². The van der Waals surface area contributed by atoms with Crippen molar-refractivity contribution in [2.75, 3.05) is 0 Å². The van der Waals surface area contributed by atoms with Crippen LogP contribution < -0.4 is 5.32 Å². The maximum atomic E-state index is 12.5. The predicted molar refractivity (Wildman–Crippen MR) is 84.5 cm³/mol. The number of benzene rings is 1. The van der Waals surface area contributed by atoms with Crippen LogP contribution in [0.4, 0.5) is 4.79 Å². The molecule has 0 radical (unpaired) electrons. The van der Waals surface area contributed by atoms with Gasteiger partial charge in [-0.3, -0.25) is 0 Å². The number of ether oxygens (including phenoxy) is 1. The highest BCUT2D eigenvalue weighted by molar-refractivity contribution is 7.92. The summed E-state index contributed by atoms with van der Waals surface area (Å²) in [5.74, 6) is 0. The molecule has 0 aromatic heterocycles. The van der Waals surface area contributed by atoms with Gasteiger partial charge in [0, 0.05) is 6.04 Å². The first-order chi connectivity index (χ1) is 10.1. The Labute approximate surface area is 132 Å². The van der Waals surface area contributed by atoms with Gasteiger partial charge in [0.05, 0.1) is 10.1 Å². The molecule has 1 aromatic carbocycles. The molecule has 1 amide bonds. The van der Waals surface area contributed by atoms with Crippen molar-refractivity contribution in [3.63, 3.8) is 0 Å². The predicted octanol–water partition coefficient (Wildman–Crippen LogP) is 2.82. The fourth-order valence-corrected chi connectivity index (χ4v) is 4.37. The molecule has 122 valence electrons. The normalized spacial score (nSPS) is 21.8. The van der Waals surface area contributed by atoms with Crippen molar-refractivity contribution in [3.05, 3.63) is 29.8 Å². The highest BCUT2D eigenvalue weighted by atomic mass is 32.2.